The van der Waals surface area contributed by atoms with Gasteiger partial charge >= 0.3 is 0 Å². The summed E-state index contributed by atoms with van der Waals surface area (Å²) < 4.78 is 5.43. The molecule has 6 nitrogen and oxygen atoms in total. The van der Waals surface area contributed by atoms with Crippen molar-refractivity contribution >= 4 is 28.8 Å². The first-order valence-electron chi connectivity index (χ1n) is 9.09. The fourth-order valence-corrected chi connectivity index (χ4v) is 3.56. The van der Waals surface area contributed by atoms with Gasteiger partial charge in [-0.3, -0.25) is 14.5 Å². The zero-order valence-electron chi connectivity index (χ0n) is 15.7. The van der Waals surface area contributed by atoms with E-state index in [9.17, 15) is 9.59 Å². The second-order valence-corrected chi connectivity index (χ2v) is 7.32. The topological polar surface area (TPSA) is 74.6 Å². The molecule has 3 rings (SSSR count). The Hall–Kier alpha value is -2.90. The van der Waals surface area contributed by atoms with Gasteiger partial charge < -0.3 is 15.1 Å². The van der Waals surface area contributed by atoms with Crippen molar-refractivity contribution in [2.45, 2.75) is 20.0 Å². The van der Waals surface area contributed by atoms with E-state index in [1.54, 1.807) is 41.9 Å². The van der Waals surface area contributed by atoms with Gasteiger partial charge in [0.2, 0.25) is 5.91 Å². The second-order valence-electron chi connectivity index (χ2n) is 6.29. The molecule has 0 bridgehead atoms. The average Bonchev–Trinajstić information content (AvgIpc) is 3.36. The van der Waals surface area contributed by atoms with E-state index in [4.69, 9.17) is 4.42 Å². The summed E-state index contributed by atoms with van der Waals surface area (Å²) >= 11 is 1.66. The lowest BCUT2D eigenvalue weighted by Gasteiger charge is -2.20. The Labute approximate surface area is 168 Å². The van der Waals surface area contributed by atoms with Crippen molar-refractivity contribution in [2.24, 2.45) is 0 Å². The lowest BCUT2D eigenvalue weighted by atomic mass is 10.2. The standard InChI is InChI=1S/C21H23N3O3S/c1-2-22-21(26)16-6-3-7-17(12-16)23-20(25)15-24(13-18-8-4-10-27-18)14-19-9-5-11-28-19/h3-12H,2,13-15H2,1H3,(H,22,26)(H,23,25). The SMILES string of the molecule is CCNC(=O)c1cccc(NC(=O)CN(Cc2ccco2)Cc2cccs2)c1. The largest absolute Gasteiger partial charge is 0.468 e. The molecule has 0 atom stereocenters. The third-order valence-corrected chi connectivity index (χ3v) is 4.89. The third-order valence-electron chi connectivity index (χ3n) is 4.03. The summed E-state index contributed by atoms with van der Waals surface area (Å²) in [6, 6.07) is 14.7. The lowest BCUT2D eigenvalue weighted by Crippen LogP contribution is -2.32. The van der Waals surface area contributed by atoms with Gasteiger partial charge in [-0.05, 0) is 48.7 Å². The van der Waals surface area contributed by atoms with Crippen LogP contribution < -0.4 is 10.6 Å². The van der Waals surface area contributed by atoms with Crippen LogP contribution in [0, 0.1) is 0 Å². The molecule has 2 aromatic heterocycles. The number of rotatable bonds is 9. The van der Waals surface area contributed by atoms with Crippen LogP contribution in [-0.2, 0) is 17.9 Å². The van der Waals surface area contributed by atoms with Gasteiger partial charge in [0.1, 0.15) is 5.76 Å². The van der Waals surface area contributed by atoms with Gasteiger partial charge in [0.15, 0.2) is 0 Å². The molecule has 146 valence electrons. The van der Waals surface area contributed by atoms with Crippen LogP contribution in [0.1, 0.15) is 27.9 Å². The summed E-state index contributed by atoms with van der Waals surface area (Å²) in [5.41, 5.74) is 1.12. The highest BCUT2D eigenvalue weighted by atomic mass is 32.1. The predicted molar refractivity (Wildman–Crippen MR) is 110 cm³/mol. The normalized spacial score (nSPS) is 10.8. The quantitative estimate of drug-likeness (QED) is 0.577. The molecule has 3 aromatic rings. The summed E-state index contributed by atoms with van der Waals surface area (Å²) in [6.07, 6.45) is 1.63. The minimum atomic E-state index is -0.157. The highest BCUT2D eigenvalue weighted by molar-refractivity contribution is 7.09. The smallest absolute Gasteiger partial charge is 0.251 e. The molecule has 1 aromatic carbocycles. The van der Waals surface area contributed by atoms with Gasteiger partial charge in [0.05, 0.1) is 19.4 Å². The monoisotopic (exact) mass is 397 g/mol. The maximum Gasteiger partial charge on any atom is 0.251 e. The Morgan fingerprint density at radius 3 is 2.71 bits per heavy atom. The minimum absolute atomic E-state index is 0.142. The minimum Gasteiger partial charge on any atom is -0.468 e. The molecule has 28 heavy (non-hydrogen) atoms. The molecule has 0 aliphatic carbocycles. The second kappa shape index (κ2) is 9.87. The van der Waals surface area contributed by atoms with Crippen molar-refractivity contribution in [1.29, 1.82) is 0 Å². The number of furan rings is 1. The van der Waals surface area contributed by atoms with E-state index in [-0.39, 0.29) is 18.4 Å². The number of benzene rings is 1. The summed E-state index contributed by atoms with van der Waals surface area (Å²) in [4.78, 5) is 27.8. The molecule has 0 aliphatic rings. The summed E-state index contributed by atoms with van der Waals surface area (Å²) in [6.45, 7) is 3.83. The van der Waals surface area contributed by atoms with E-state index in [2.05, 4.69) is 10.6 Å². The maximum atomic E-state index is 12.6. The first kappa shape index (κ1) is 19.9. The molecule has 0 radical (unpaired) electrons. The van der Waals surface area contributed by atoms with Crippen molar-refractivity contribution in [3.8, 4) is 0 Å². The highest BCUT2D eigenvalue weighted by Crippen LogP contribution is 2.16. The molecule has 0 fully saturated rings. The van der Waals surface area contributed by atoms with Gasteiger partial charge in [0, 0.05) is 29.2 Å². The van der Waals surface area contributed by atoms with Crippen molar-refractivity contribution in [1.82, 2.24) is 10.2 Å². The lowest BCUT2D eigenvalue weighted by molar-refractivity contribution is -0.117. The Morgan fingerprint density at radius 1 is 1.11 bits per heavy atom. The van der Waals surface area contributed by atoms with E-state index in [0.29, 0.717) is 30.9 Å². The Kier molecular flexibility index (Phi) is 7.00. The fraction of sp³-hybridized carbons (Fsp3) is 0.238. The van der Waals surface area contributed by atoms with Crippen LogP contribution in [0.5, 0.6) is 0 Å². The zero-order chi connectivity index (χ0) is 19.8. The highest BCUT2D eigenvalue weighted by Gasteiger charge is 2.15. The van der Waals surface area contributed by atoms with Crippen LogP contribution in [0.25, 0.3) is 0 Å². The number of hydrogen-bond donors (Lipinski definition) is 2. The van der Waals surface area contributed by atoms with Crippen LogP contribution >= 0.6 is 11.3 Å². The van der Waals surface area contributed by atoms with Crippen molar-refractivity contribution < 1.29 is 14.0 Å². The molecule has 2 heterocycles. The molecule has 0 saturated heterocycles. The van der Waals surface area contributed by atoms with Crippen LogP contribution in [0.15, 0.2) is 64.6 Å². The molecule has 0 saturated carbocycles. The number of anilines is 1. The molecule has 0 unspecified atom stereocenters. The maximum absolute atomic E-state index is 12.6. The van der Waals surface area contributed by atoms with Gasteiger partial charge in [0.25, 0.3) is 5.91 Å². The van der Waals surface area contributed by atoms with E-state index in [1.165, 1.54) is 4.88 Å². The molecule has 7 heteroatoms. The Bertz CT molecular complexity index is 855. The molecule has 0 aliphatic heterocycles. The number of carbonyl (C=O) groups is 2. The van der Waals surface area contributed by atoms with Crippen molar-refractivity contribution in [3.05, 3.63) is 76.4 Å². The van der Waals surface area contributed by atoms with Crippen LogP contribution in [0.3, 0.4) is 0 Å². The van der Waals surface area contributed by atoms with E-state index < -0.39 is 0 Å². The van der Waals surface area contributed by atoms with Crippen LogP contribution in [0.2, 0.25) is 0 Å². The summed E-state index contributed by atoms with van der Waals surface area (Å²) in [5.74, 6) is 0.509. The Balaban J connectivity index is 1.64. The number of carbonyl (C=O) groups excluding carboxylic acids is 2. The average molecular weight is 398 g/mol. The summed E-state index contributed by atoms with van der Waals surface area (Å²) in [7, 11) is 0. The van der Waals surface area contributed by atoms with Gasteiger partial charge in [-0.15, -0.1) is 11.3 Å². The molecule has 2 amide bonds. The fourth-order valence-electron chi connectivity index (χ4n) is 2.82. The van der Waals surface area contributed by atoms with E-state index in [0.717, 1.165) is 5.76 Å². The molecular formula is C21H23N3O3S. The van der Waals surface area contributed by atoms with E-state index in [1.807, 2.05) is 41.5 Å². The zero-order valence-corrected chi connectivity index (χ0v) is 16.5. The number of thiophene rings is 1. The van der Waals surface area contributed by atoms with E-state index >= 15 is 0 Å². The first-order valence-corrected chi connectivity index (χ1v) is 9.97. The molecule has 2 N–H and O–H groups in total. The molecule has 0 spiro atoms. The van der Waals surface area contributed by atoms with Crippen molar-refractivity contribution in [3.63, 3.8) is 0 Å². The predicted octanol–water partition coefficient (Wildman–Crippen LogP) is 3.73. The van der Waals surface area contributed by atoms with Crippen molar-refractivity contribution in [2.75, 3.05) is 18.4 Å². The van der Waals surface area contributed by atoms with Gasteiger partial charge in [-0.1, -0.05) is 12.1 Å². The Morgan fingerprint density at radius 2 is 2.00 bits per heavy atom. The number of nitrogens with one attached hydrogen (secondary N) is 2. The van der Waals surface area contributed by atoms with Crippen LogP contribution in [-0.4, -0.2) is 29.8 Å². The van der Waals surface area contributed by atoms with Crippen LogP contribution in [0.4, 0.5) is 5.69 Å². The first-order chi connectivity index (χ1) is 13.6. The third kappa shape index (κ3) is 5.80. The number of nitrogens with zero attached hydrogens (tertiary/aromatic N) is 1. The number of hydrogen-bond acceptors (Lipinski definition) is 5. The summed E-state index contributed by atoms with van der Waals surface area (Å²) in [5, 5.41) is 7.66. The van der Waals surface area contributed by atoms with Gasteiger partial charge in [-0.25, -0.2) is 0 Å². The molecular weight excluding hydrogens is 374 g/mol. The number of amides is 2. The van der Waals surface area contributed by atoms with Gasteiger partial charge in [-0.2, -0.15) is 0 Å².